The smallest absolute Gasteiger partial charge is 0.427 e. The van der Waals surface area contributed by atoms with E-state index in [1.54, 1.807) is 0 Å². The van der Waals surface area contributed by atoms with Crippen molar-refractivity contribution in [3.8, 4) is 5.75 Å². The van der Waals surface area contributed by atoms with Crippen LogP contribution in [0.4, 0.5) is 9.18 Å². The quantitative estimate of drug-likeness (QED) is 0.456. The Bertz CT molecular complexity index is 555. The molecule has 0 saturated carbocycles. The van der Waals surface area contributed by atoms with Crippen molar-refractivity contribution in [1.29, 1.82) is 0 Å². The van der Waals surface area contributed by atoms with Crippen LogP contribution >= 0.6 is 0 Å². The molecule has 0 radical (unpaired) electrons. The molecule has 0 spiro atoms. The molecule has 1 atom stereocenters. The SMILES string of the molecule is O=C(Oc1ccccc1F)OC1COS(=O)(=O)C1. The zero-order chi connectivity index (χ0) is 13.2. The molecule has 8 heteroatoms. The monoisotopic (exact) mass is 276 g/mol. The van der Waals surface area contributed by atoms with Crippen LogP contribution in [-0.4, -0.2) is 33.0 Å². The van der Waals surface area contributed by atoms with Gasteiger partial charge in [0.25, 0.3) is 10.1 Å². The summed E-state index contributed by atoms with van der Waals surface area (Å²) in [5.41, 5.74) is 0. The van der Waals surface area contributed by atoms with Crippen molar-refractivity contribution in [2.75, 3.05) is 12.4 Å². The first-order valence-corrected chi connectivity index (χ1v) is 6.54. The number of carbonyl (C=O) groups excluding carboxylic acids is 1. The maximum absolute atomic E-state index is 13.1. The van der Waals surface area contributed by atoms with Gasteiger partial charge in [-0.1, -0.05) is 12.1 Å². The summed E-state index contributed by atoms with van der Waals surface area (Å²) in [4.78, 5) is 11.3. The van der Waals surface area contributed by atoms with Crippen molar-refractivity contribution >= 4 is 16.3 Å². The van der Waals surface area contributed by atoms with Crippen molar-refractivity contribution in [3.05, 3.63) is 30.1 Å². The third-order valence-electron chi connectivity index (χ3n) is 2.12. The van der Waals surface area contributed by atoms with Crippen molar-refractivity contribution in [2.24, 2.45) is 0 Å². The first kappa shape index (κ1) is 12.8. The summed E-state index contributed by atoms with van der Waals surface area (Å²) in [5.74, 6) is -1.44. The summed E-state index contributed by atoms with van der Waals surface area (Å²) in [7, 11) is -3.63. The standard InChI is InChI=1S/C10H9FO6S/c11-8-3-1-2-4-9(8)17-10(12)16-7-5-15-18(13,14)6-7/h1-4,7H,5-6H2. The number of hydrogen-bond acceptors (Lipinski definition) is 6. The molecule has 1 saturated heterocycles. The average molecular weight is 276 g/mol. The van der Waals surface area contributed by atoms with Gasteiger partial charge in [0.15, 0.2) is 11.6 Å². The third-order valence-corrected chi connectivity index (χ3v) is 3.39. The van der Waals surface area contributed by atoms with Gasteiger partial charge in [-0.25, -0.2) is 9.18 Å². The molecule has 2 rings (SSSR count). The second kappa shape index (κ2) is 4.91. The van der Waals surface area contributed by atoms with E-state index in [2.05, 4.69) is 13.7 Å². The molecule has 1 unspecified atom stereocenters. The van der Waals surface area contributed by atoms with Gasteiger partial charge in [0.2, 0.25) is 0 Å². The Morgan fingerprint density at radius 1 is 1.39 bits per heavy atom. The van der Waals surface area contributed by atoms with Gasteiger partial charge >= 0.3 is 6.16 Å². The molecule has 98 valence electrons. The number of para-hydroxylation sites is 1. The minimum absolute atomic E-state index is 0.255. The molecule has 18 heavy (non-hydrogen) atoms. The van der Waals surface area contributed by atoms with Crippen LogP contribution in [0.5, 0.6) is 5.75 Å². The zero-order valence-corrected chi connectivity index (χ0v) is 9.85. The summed E-state index contributed by atoms with van der Waals surface area (Å²) in [6.45, 7) is -0.255. The number of benzene rings is 1. The molecule has 0 aromatic heterocycles. The first-order chi connectivity index (χ1) is 8.46. The van der Waals surface area contributed by atoms with Crippen molar-refractivity contribution in [1.82, 2.24) is 0 Å². The van der Waals surface area contributed by atoms with Crippen LogP contribution < -0.4 is 4.74 Å². The van der Waals surface area contributed by atoms with Gasteiger partial charge in [-0.05, 0) is 12.1 Å². The van der Waals surface area contributed by atoms with Crippen LogP contribution in [-0.2, 0) is 19.0 Å². The summed E-state index contributed by atoms with van der Waals surface area (Å²) >= 11 is 0. The highest BCUT2D eigenvalue weighted by Gasteiger charge is 2.32. The first-order valence-electron chi connectivity index (χ1n) is 4.96. The van der Waals surface area contributed by atoms with E-state index < -0.39 is 33.9 Å². The van der Waals surface area contributed by atoms with E-state index in [-0.39, 0.29) is 12.4 Å². The molecule has 0 N–H and O–H groups in total. The van der Waals surface area contributed by atoms with Gasteiger partial charge in [-0.3, -0.25) is 4.18 Å². The molecule has 6 nitrogen and oxygen atoms in total. The fourth-order valence-corrected chi connectivity index (χ4v) is 2.42. The number of carbonyl (C=O) groups is 1. The predicted molar refractivity (Wildman–Crippen MR) is 57.0 cm³/mol. The largest absolute Gasteiger partial charge is 0.514 e. The van der Waals surface area contributed by atoms with Gasteiger partial charge < -0.3 is 9.47 Å². The Hall–Kier alpha value is -1.67. The summed E-state index contributed by atoms with van der Waals surface area (Å²) in [6.07, 6.45) is -2.11. The van der Waals surface area contributed by atoms with Crippen LogP contribution in [0.25, 0.3) is 0 Å². The molecule has 1 aliphatic rings. The molecule has 0 amide bonds. The molecule has 1 aliphatic heterocycles. The van der Waals surface area contributed by atoms with Crippen LogP contribution in [0.2, 0.25) is 0 Å². The number of halogens is 1. The van der Waals surface area contributed by atoms with Crippen LogP contribution in [0.15, 0.2) is 24.3 Å². The molecule has 1 aromatic carbocycles. The van der Waals surface area contributed by atoms with Gasteiger partial charge in [0.1, 0.15) is 18.5 Å². The lowest BCUT2D eigenvalue weighted by Crippen LogP contribution is -2.24. The Morgan fingerprint density at radius 2 is 2.11 bits per heavy atom. The minimum Gasteiger partial charge on any atom is -0.427 e. The second-order valence-electron chi connectivity index (χ2n) is 3.53. The average Bonchev–Trinajstić information content (AvgIpc) is 2.61. The molecule has 1 aromatic rings. The lowest BCUT2D eigenvalue weighted by molar-refractivity contribution is 0.0562. The molecule has 1 fully saturated rings. The topological polar surface area (TPSA) is 78.9 Å². The maximum atomic E-state index is 13.1. The fraction of sp³-hybridized carbons (Fsp3) is 0.300. The third kappa shape index (κ3) is 3.17. The van der Waals surface area contributed by atoms with Gasteiger partial charge in [0, 0.05) is 0 Å². The van der Waals surface area contributed by atoms with Gasteiger partial charge in [0.05, 0.1) is 0 Å². The highest BCUT2D eigenvalue weighted by atomic mass is 32.2. The number of hydrogen-bond donors (Lipinski definition) is 0. The van der Waals surface area contributed by atoms with Crippen LogP contribution in [0.3, 0.4) is 0 Å². The van der Waals surface area contributed by atoms with E-state index in [1.165, 1.54) is 18.2 Å². The lowest BCUT2D eigenvalue weighted by Gasteiger charge is -2.09. The molecule has 0 aliphatic carbocycles. The Kier molecular flexibility index (Phi) is 3.48. The molecule has 1 heterocycles. The fourth-order valence-electron chi connectivity index (χ4n) is 1.35. The Labute approximate surface area is 102 Å². The van der Waals surface area contributed by atoms with E-state index in [0.717, 1.165) is 6.07 Å². The van der Waals surface area contributed by atoms with Crippen LogP contribution in [0, 0.1) is 5.82 Å². The number of ether oxygens (including phenoxy) is 2. The van der Waals surface area contributed by atoms with Gasteiger partial charge in [-0.15, -0.1) is 0 Å². The highest BCUT2D eigenvalue weighted by Crippen LogP contribution is 2.17. The Morgan fingerprint density at radius 3 is 2.72 bits per heavy atom. The minimum atomic E-state index is -3.63. The molecular weight excluding hydrogens is 267 g/mol. The van der Waals surface area contributed by atoms with E-state index in [1.807, 2.05) is 0 Å². The summed E-state index contributed by atoms with van der Waals surface area (Å²) in [5, 5.41) is 0. The summed E-state index contributed by atoms with van der Waals surface area (Å²) in [6, 6.07) is 5.28. The molecular formula is C10H9FO6S. The van der Waals surface area contributed by atoms with Crippen molar-refractivity contribution < 1.29 is 31.3 Å². The van der Waals surface area contributed by atoms with E-state index >= 15 is 0 Å². The lowest BCUT2D eigenvalue weighted by atomic mass is 10.3. The number of rotatable bonds is 2. The predicted octanol–water partition coefficient (Wildman–Crippen LogP) is 1.07. The van der Waals surface area contributed by atoms with E-state index in [0.29, 0.717) is 0 Å². The van der Waals surface area contributed by atoms with Crippen molar-refractivity contribution in [2.45, 2.75) is 6.10 Å². The molecule has 0 bridgehead atoms. The second-order valence-corrected chi connectivity index (χ2v) is 5.22. The summed E-state index contributed by atoms with van der Waals surface area (Å²) < 4.78 is 48.6. The van der Waals surface area contributed by atoms with E-state index in [9.17, 15) is 17.6 Å². The van der Waals surface area contributed by atoms with Crippen molar-refractivity contribution in [3.63, 3.8) is 0 Å². The van der Waals surface area contributed by atoms with Gasteiger partial charge in [-0.2, -0.15) is 8.42 Å². The highest BCUT2D eigenvalue weighted by molar-refractivity contribution is 7.87. The Balaban J connectivity index is 1.92. The maximum Gasteiger partial charge on any atom is 0.514 e. The zero-order valence-electron chi connectivity index (χ0n) is 9.04. The normalized spacial score (nSPS) is 21.5. The van der Waals surface area contributed by atoms with Crippen LogP contribution in [0.1, 0.15) is 0 Å². The van der Waals surface area contributed by atoms with E-state index in [4.69, 9.17) is 0 Å².